The molecule has 0 aliphatic rings. The Hall–Kier alpha value is -3.56. The van der Waals surface area contributed by atoms with Gasteiger partial charge in [0.25, 0.3) is 0 Å². The molecule has 0 aliphatic heterocycles. The first kappa shape index (κ1) is 27.5. The van der Waals surface area contributed by atoms with Crippen molar-refractivity contribution in [2.45, 2.75) is 52.9 Å². The summed E-state index contributed by atoms with van der Waals surface area (Å²) in [5.41, 5.74) is 2.77. The Labute approximate surface area is 224 Å². The van der Waals surface area contributed by atoms with E-state index in [-0.39, 0.29) is 17.5 Å². The third kappa shape index (κ3) is 6.11. The molecule has 10 heteroatoms. The van der Waals surface area contributed by atoms with E-state index in [0.29, 0.717) is 45.6 Å². The molecule has 0 radical (unpaired) electrons. The lowest BCUT2D eigenvalue weighted by atomic mass is 10.00. The van der Waals surface area contributed by atoms with Gasteiger partial charge in [0.05, 0.1) is 29.1 Å². The lowest BCUT2D eigenvalue weighted by Gasteiger charge is -2.22. The number of fused-ring (bicyclic) bond motifs is 1. The van der Waals surface area contributed by atoms with E-state index in [1.807, 2.05) is 26.8 Å². The van der Waals surface area contributed by atoms with Crippen LogP contribution in [0.3, 0.4) is 0 Å². The molecule has 7 nitrogen and oxygen atoms in total. The number of rotatable bonds is 9. The molecular formula is C28H29ClF2N4O3. The van der Waals surface area contributed by atoms with Gasteiger partial charge in [0.1, 0.15) is 29.8 Å². The molecule has 2 aromatic heterocycles. The van der Waals surface area contributed by atoms with Crippen molar-refractivity contribution >= 4 is 28.4 Å². The van der Waals surface area contributed by atoms with Gasteiger partial charge in [-0.3, -0.25) is 4.79 Å². The molecule has 0 saturated carbocycles. The average Bonchev–Trinajstić information content (AvgIpc) is 3.28. The fraction of sp³-hybridized carbons (Fsp3) is 0.321. The summed E-state index contributed by atoms with van der Waals surface area (Å²) in [5.74, 6) is -0.998. The van der Waals surface area contributed by atoms with E-state index in [2.05, 4.69) is 15.4 Å². The summed E-state index contributed by atoms with van der Waals surface area (Å²) < 4.78 is 35.5. The Kier molecular flexibility index (Phi) is 8.28. The van der Waals surface area contributed by atoms with Crippen molar-refractivity contribution in [1.82, 2.24) is 20.1 Å². The molecule has 4 aromatic rings. The van der Waals surface area contributed by atoms with Crippen molar-refractivity contribution in [3.05, 3.63) is 82.3 Å². The molecule has 0 saturated heterocycles. The molecule has 2 atom stereocenters. The van der Waals surface area contributed by atoms with Crippen LogP contribution in [0.5, 0.6) is 5.75 Å². The maximum absolute atomic E-state index is 14.3. The van der Waals surface area contributed by atoms with Gasteiger partial charge in [0, 0.05) is 16.6 Å². The van der Waals surface area contributed by atoms with Crippen LogP contribution in [0.4, 0.5) is 8.78 Å². The van der Waals surface area contributed by atoms with Crippen LogP contribution in [0.1, 0.15) is 50.1 Å². The van der Waals surface area contributed by atoms with Crippen LogP contribution >= 0.6 is 11.6 Å². The van der Waals surface area contributed by atoms with Crippen LogP contribution in [-0.4, -0.2) is 31.9 Å². The second kappa shape index (κ2) is 11.4. The minimum Gasteiger partial charge on any atom is -0.487 e. The normalized spacial score (nSPS) is 13.1. The number of hydrogen-bond donors (Lipinski definition) is 2. The van der Waals surface area contributed by atoms with Crippen molar-refractivity contribution in [2.75, 3.05) is 0 Å². The highest BCUT2D eigenvalue weighted by atomic mass is 35.5. The molecule has 1 amide bonds. The zero-order valence-corrected chi connectivity index (χ0v) is 22.3. The Morgan fingerprint density at radius 3 is 2.63 bits per heavy atom. The largest absolute Gasteiger partial charge is 0.487 e. The molecular weight excluding hydrogens is 514 g/mol. The van der Waals surface area contributed by atoms with E-state index in [4.69, 9.17) is 16.3 Å². The van der Waals surface area contributed by atoms with Crippen LogP contribution < -0.4 is 10.1 Å². The van der Waals surface area contributed by atoms with Gasteiger partial charge < -0.3 is 15.2 Å². The third-order valence-corrected chi connectivity index (χ3v) is 6.43. The second-order valence-electron chi connectivity index (χ2n) is 9.66. The number of para-hydroxylation sites is 1. The summed E-state index contributed by atoms with van der Waals surface area (Å²) in [7, 11) is 0. The van der Waals surface area contributed by atoms with E-state index < -0.39 is 29.7 Å². The topological polar surface area (TPSA) is 89.3 Å². The standard InChI is InChI=1S/C28H29ClF2N4O3/c1-15(2)8-25(36)28(37)34-17(4)21-10-18(30)11-23(29)22(21)14-38-26-7-5-6-20-24(9-16(3)33-27(20)26)35-13-19(31)12-32-35/h5-7,9-13,15,17,25,36H,8,14H2,1-4H3,(H,34,37)/t17-,25-/m0/s1. The predicted molar refractivity (Wildman–Crippen MR) is 141 cm³/mol. The number of aryl methyl sites for hydroxylation is 1. The molecule has 0 fully saturated rings. The summed E-state index contributed by atoms with van der Waals surface area (Å²) in [4.78, 5) is 17.1. The zero-order chi connectivity index (χ0) is 27.6. The summed E-state index contributed by atoms with van der Waals surface area (Å²) in [6.45, 7) is 7.27. The number of aliphatic hydroxyl groups excluding tert-OH is 1. The van der Waals surface area contributed by atoms with E-state index in [1.165, 1.54) is 23.0 Å². The number of aliphatic hydroxyl groups is 1. The fourth-order valence-electron chi connectivity index (χ4n) is 4.32. The highest BCUT2D eigenvalue weighted by Crippen LogP contribution is 2.32. The fourth-order valence-corrected chi connectivity index (χ4v) is 4.59. The lowest BCUT2D eigenvalue weighted by molar-refractivity contribution is -0.130. The SMILES string of the molecule is Cc1cc(-n2cc(F)cn2)c2cccc(OCc3c(Cl)cc(F)cc3[C@H](C)NC(=O)[C@@H](O)CC(C)C)c2n1. The third-order valence-electron chi connectivity index (χ3n) is 6.10. The van der Waals surface area contributed by atoms with Gasteiger partial charge in [-0.1, -0.05) is 37.6 Å². The minimum atomic E-state index is -1.18. The first-order valence-electron chi connectivity index (χ1n) is 12.2. The summed E-state index contributed by atoms with van der Waals surface area (Å²) >= 11 is 6.42. The quantitative estimate of drug-likeness (QED) is 0.278. The zero-order valence-electron chi connectivity index (χ0n) is 21.5. The first-order valence-corrected chi connectivity index (χ1v) is 12.6. The first-order chi connectivity index (χ1) is 18.0. The molecule has 4 rings (SSSR count). The van der Waals surface area contributed by atoms with Crippen molar-refractivity contribution in [3.63, 3.8) is 0 Å². The Bertz CT molecular complexity index is 1470. The summed E-state index contributed by atoms with van der Waals surface area (Å²) in [6, 6.07) is 8.98. The summed E-state index contributed by atoms with van der Waals surface area (Å²) in [6.07, 6.45) is 1.53. The number of carbonyl (C=O) groups excluding carboxylic acids is 1. The smallest absolute Gasteiger partial charge is 0.249 e. The highest BCUT2D eigenvalue weighted by Gasteiger charge is 2.22. The van der Waals surface area contributed by atoms with Crippen molar-refractivity contribution < 1.29 is 23.4 Å². The van der Waals surface area contributed by atoms with Gasteiger partial charge in [0.15, 0.2) is 5.82 Å². The van der Waals surface area contributed by atoms with Crippen LogP contribution in [0, 0.1) is 24.5 Å². The number of pyridine rings is 1. The molecule has 0 bridgehead atoms. The van der Waals surface area contributed by atoms with Crippen molar-refractivity contribution in [1.29, 1.82) is 0 Å². The average molecular weight is 543 g/mol. The number of ether oxygens (including phenoxy) is 1. The van der Waals surface area contributed by atoms with Gasteiger partial charge in [-0.2, -0.15) is 5.10 Å². The monoisotopic (exact) mass is 542 g/mol. The molecule has 0 aliphatic carbocycles. The van der Waals surface area contributed by atoms with Gasteiger partial charge in [-0.25, -0.2) is 18.4 Å². The van der Waals surface area contributed by atoms with E-state index in [9.17, 15) is 18.7 Å². The maximum Gasteiger partial charge on any atom is 0.249 e. The van der Waals surface area contributed by atoms with Gasteiger partial charge >= 0.3 is 0 Å². The molecule has 2 aromatic carbocycles. The van der Waals surface area contributed by atoms with Crippen molar-refractivity contribution in [2.24, 2.45) is 5.92 Å². The van der Waals surface area contributed by atoms with Gasteiger partial charge in [0.2, 0.25) is 5.91 Å². The number of nitrogens with one attached hydrogen (secondary N) is 1. The molecule has 0 spiro atoms. The molecule has 2 N–H and O–H groups in total. The highest BCUT2D eigenvalue weighted by molar-refractivity contribution is 6.31. The number of hydrogen-bond acceptors (Lipinski definition) is 5. The van der Waals surface area contributed by atoms with E-state index >= 15 is 0 Å². The Morgan fingerprint density at radius 2 is 1.95 bits per heavy atom. The van der Waals surface area contributed by atoms with E-state index in [0.717, 1.165) is 6.20 Å². The number of aromatic nitrogens is 3. The minimum absolute atomic E-state index is 0.0380. The van der Waals surface area contributed by atoms with Gasteiger partial charge in [-0.05, 0) is 56.0 Å². The van der Waals surface area contributed by atoms with Gasteiger partial charge in [-0.15, -0.1) is 0 Å². The molecule has 0 unspecified atom stereocenters. The van der Waals surface area contributed by atoms with Crippen LogP contribution in [0.15, 0.2) is 48.8 Å². The molecule has 38 heavy (non-hydrogen) atoms. The van der Waals surface area contributed by atoms with Crippen molar-refractivity contribution in [3.8, 4) is 11.4 Å². The molecule has 200 valence electrons. The maximum atomic E-state index is 14.3. The summed E-state index contributed by atoms with van der Waals surface area (Å²) in [5, 5.41) is 17.8. The van der Waals surface area contributed by atoms with Crippen LogP contribution in [0.25, 0.3) is 16.6 Å². The molecule has 2 heterocycles. The Morgan fingerprint density at radius 1 is 1.18 bits per heavy atom. The van der Waals surface area contributed by atoms with Crippen LogP contribution in [-0.2, 0) is 11.4 Å². The number of halogens is 3. The number of amides is 1. The van der Waals surface area contributed by atoms with Crippen LogP contribution in [0.2, 0.25) is 5.02 Å². The number of carbonyl (C=O) groups is 1. The number of nitrogens with zero attached hydrogens (tertiary/aromatic N) is 3. The lowest BCUT2D eigenvalue weighted by Crippen LogP contribution is -2.37. The van der Waals surface area contributed by atoms with E-state index in [1.54, 1.807) is 25.1 Å². The Balaban J connectivity index is 1.64. The number of benzene rings is 2. The second-order valence-corrected chi connectivity index (χ2v) is 10.1. The predicted octanol–water partition coefficient (Wildman–Crippen LogP) is 5.82.